The molecule has 2 N–H and O–H groups in total. The molecule has 3 aromatic rings. The Kier molecular flexibility index (Phi) is 6.51. The van der Waals surface area contributed by atoms with Crippen LogP contribution in [0.15, 0.2) is 41.2 Å². The van der Waals surface area contributed by atoms with E-state index in [1.165, 1.54) is 31.2 Å². The van der Waals surface area contributed by atoms with E-state index in [1.54, 1.807) is 18.2 Å². The average Bonchev–Trinajstić information content (AvgIpc) is 2.84. The lowest BCUT2D eigenvalue weighted by molar-refractivity contribution is 0.0687. The number of aromatic carboxylic acids is 1. The Labute approximate surface area is 193 Å². The Hall–Kier alpha value is -4.30. The highest BCUT2D eigenvalue weighted by molar-refractivity contribution is 5.87. The van der Waals surface area contributed by atoms with Gasteiger partial charge in [0.05, 0.1) is 5.69 Å². The van der Waals surface area contributed by atoms with E-state index in [9.17, 15) is 24.3 Å². The Bertz CT molecular complexity index is 1330. The van der Waals surface area contributed by atoms with Crippen LogP contribution >= 0.6 is 0 Å². The van der Waals surface area contributed by atoms with E-state index < -0.39 is 17.5 Å². The molecule has 174 valence electrons. The molecule has 10 nitrogen and oxygen atoms in total. The van der Waals surface area contributed by atoms with E-state index in [1.807, 2.05) is 4.90 Å². The van der Waals surface area contributed by atoms with Crippen molar-refractivity contribution >= 4 is 11.8 Å². The molecule has 34 heavy (non-hydrogen) atoms. The number of benzene rings is 1. The topological polar surface area (TPSA) is 133 Å². The predicted molar refractivity (Wildman–Crippen MR) is 120 cm³/mol. The van der Waals surface area contributed by atoms with E-state index in [0.29, 0.717) is 17.1 Å². The highest BCUT2D eigenvalue weighted by atomic mass is 19.1. The number of nitrogens with zero attached hydrogens (tertiary/aromatic N) is 5. The van der Waals surface area contributed by atoms with Gasteiger partial charge in [0, 0.05) is 37.3 Å². The summed E-state index contributed by atoms with van der Waals surface area (Å²) in [6.07, 6.45) is 0. The van der Waals surface area contributed by atoms with Crippen LogP contribution in [0.1, 0.15) is 27.2 Å². The van der Waals surface area contributed by atoms with Crippen LogP contribution in [0.3, 0.4) is 0 Å². The number of piperazine rings is 1. The van der Waals surface area contributed by atoms with Crippen LogP contribution in [0.25, 0.3) is 5.69 Å². The molecule has 1 aliphatic rings. The highest BCUT2D eigenvalue weighted by Crippen LogP contribution is 2.19. The van der Waals surface area contributed by atoms with Gasteiger partial charge < -0.3 is 20.1 Å². The van der Waals surface area contributed by atoms with E-state index in [-0.39, 0.29) is 29.1 Å². The summed E-state index contributed by atoms with van der Waals surface area (Å²) in [5.74, 6) is -0.969. The summed E-state index contributed by atoms with van der Waals surface area (Å²) in [6.45, 7) is 4.48. The monoisotopic (exact) mass is 464 g/mol. The van der Waals surface area contributed by atoms with Crippen LogP contribution < -0.4 is 20.5 Å². The molecule has 4 rings (SSSR count). The van der Waals surface area contributed by atoms with E-state index in [2.05, 4.69) is 15.4 Å². The van der Waals surface area contributed by atoms with Gasteiger partial charge in [0.1, 0.15) is 29.8 Å². The normalized spacial score (nSPS) is 13.4. The van der Waals surface area contributed by atoms with Crippen molar-refractivity contribution in [1.82, 2.24) is 20.1 Å². The number of ether oxygens (including phenoxy) is 1. The molecular weight excluding hydrogens is 443 g/mol. The van der Waals surface area contributed by atoms with Gasteiger partial charge >= 0.3 is 5.97 Å². The molecule has 1 saturated heterocycles. The van der Waals surface area contributed by atoms with E-state index in [4.69, 9.17) is 4.74 Å². The number of hydrogen-bond donors (Lipinski definition) is 2. The van der Waals surface area contributed by atoms with Gasteiger partial charge in [-0.1, -0.05) is 0 Å². The number of halogens is 1. The van der Waals surface area contributed by atoms with E-state index in [0.717, 1.165) is 30.9 Å². The number of carboxylic acid groups (broad SMARTS) is 1. The maximum atomic E-state index is 14.5. The minimum Gasteiger partial charge on any atom is -0.489 e. The number of pyridine rings is 1. The molecule has 0 spiro atoms. The van der Waals surface area contributed by atoms with Crippen molar-refractivity contribution in [3.63, 3.8) is 0 Å². The molecule has 1 aromatic carbocycles. The molecule has 0 bridgehead atoms. The van der Waals surface area contributed by atoms with Crippen LogP contribution in [0, 0.1) is 24.2 Å². The number of anilines is 1. The third kappa shape index (κ3) is 4.57. The van der Waals surface area contributed by atoms with Gasteiger partial charge in [-0.3, -0.25) is 4.79 Å². The second kappa shape index (κ2) is 9.68. The number of rotatable bonds is 6. The number of carboxylic acids is 1. The average molecular weight is 464 g/mol. The Morgan fingerprint density at radius 3 is 2.56 bits per heavy atom. The third-order valence-electron chi connectivity index (χ3n) is 5.48. The second-order valence-electron chi connectivity index (χ2n) is 7.62. The van der Waals surface area contributed by atoms with Crippen molar-refractivity contribution in [3.8, 4) is 17.5 Å². The van der Waals surface area contributed by atoms with Crippen LogP contribution in [0.2, 0.25) is 0 Å². The molecule has 0 aliphatic carbocycles. The fourth-order valence-corrected chi connectivity index (χ4v) is 3.59. The predicted octanol–water partition coefficient (Wildman–Crippen LogP) is 1.63. The van der Waals surface area contributed by atoms with Gasteiger partial charge in [0.2, 0.25) is 5.95 Å². The number of aromatic nitrogens is 3. The molecule has 0 saturated carbocycles. The number of nitriles is 1. The quantitative estimate of drug-likeness (QED) is 0.522. The van der Waals surface area contributed by atoms with Gasteiger partial charge in [-0.25, -0.2) is 9.78 Å². The summed E-state index contributed by atoms with van der Waals surface area (Å²) in [7, 11) is 0. The lowest BCUT2D eigenvalue weighted by Gasteiger charge is -2.28. The molecule has 3 heterocycles. The van der Waals surface area contributed by atoms with Crippen molar-refractivity contribution in [2.45, 2.75) is 13.5 Å². The fourth-order valence-electron chi connectivity index (χ4n) is 3.59. The van der Waals surface area contributed by atoms with Crippen molar-refractivity contribution in [2.75, 3.05) is 31.1 Å². The lowest BCUT2D eigenvalue weighted by atomic mass is 10.1. The fraction of sp³-hybridized carbons (Fsp3) is 0.261. The first-order valence-corrected chi connectivity index (χ1v) is 10.5. The minimum atomic E-state index is -1.35. The molecule has 2 aromatic heterocycles. The summed E-state index contributed by atoms with van der Waals surface area (Å²) in [6, 6.07) is 11.2. The molecule has 0 radical (unpaired) electrons. The van der Waals surface area contributed by atoms with Crippen molar-refractivity contribution in [1.29, 1.82) is 5.26 Å². The maximum absolute atomic E-state index is 14.5. The third-order valence-corrected chi connectivity index (χ3v) is 5.48. The molecule has 1 fully saturated rings. The number of hydrogen-bond acceptors (Lipinski definition) is 8. The van der Waals surface area contributed by atoms with E-state index >= 15 is 0 Å². The Morgan fingerprint density at radius 2 is 1.94 bits per heavy atom. The lowest BCUT2D eigenvalue weighted by Crippen LogP contribution is -2.44. The van der Waals surface area contributed by atoms with Gasteiger partial charge in [-0.2, -0.15) is 19.4 Å². The van der Waals surface area contributed by atoms with Crippen LogP contribution in [0.5, 0.6) is 5.75 Å². The summed E-state index contributed by atoms with van der Waals surface area (Å²) >= 11 is 0. The first kappa shape index (κ1) is 22.9. The molecule has 0 atom stereocenters. The molecular formula is C23H21FN6O4. The summed E-state index contributed by atoms with van der Waals surface area (Å²) < 4.78 is 21.0. The molecule has 1 aliphatic heterocycles. The van der Waals surface area contributed by atoms with Crippen molar-refractivity contribution < 1.29 is 19.0 Å². The first-order valence-electron chi connectivity index (χ1n) is 10.5. The number of nitrogens with one attached hydrogen (secondary N) is 1. The smallest absolute Gasteiger partial charge is 0.356 e. The largest absolute Gasteiger partial charge is 0.489 e. The van der Waals surface area contributed by atoms with Gasteiger partial charge in [0.25, 0.3) is 5.56 Å². The zero-order valence-corrected chi connectivity index (χ0v) is 18.3. The Morgan fingerprint density at radius 1 is 1.24 bits per heavy atom. The number of carbonyl (C=O) groups is 1. The summed E-state index contributed by atoms with van der Waals surface area (Å²) in [5.41, 5.74) is -0.844. The minimum absolute atomic E-state index is 0.00908. The Balaban J connectivity index is 1.50. The van der Waals surface area contributed by atoms with Crippen LogP contribution in [-0.2, 0) is 6.61 Å². The van der Waals surface area contributed by atoms with Crippen LogP contribution in [-0.4, -0.2) is 52.0 Å². The highest BCUT2D eigenvalue weighted by Gasteiger charge is 2.19. The van der Waals surface area contributed by atoms with Gasteiger partial charge in [-0.05, 0) is 43.3 Å². The second-order valence-corrected chi connectivity index (χ2v) is 7.62. The zero-order chi connectivity index (χ0) is 24.2. The SMILES string of the molecule is Cc1c(C(=O)O)nn(-c2ccc(OCc3ccc(N4CCNCC4)nc3F)cc2)c(=O)c1C#N. The summed E-state index contributed by atoms with van der Waals surface area (Å²) in [5, 5.41) is 25.7. The summed E-state index contributed by atoms with van der Waals surface area (Å²) in [4.78, 5) is 30.1. The van der Waals surface area contributed by atoms with Crippen LogP contribution in [0.4, 0.5) is 10.2 Å². The molecule has 11 heteroatoms. The zero-order valence-electron chi connectivity index (χ0n) is 18.3. The van der Waals surface area contributed by atoms with Crippen molar-refractivity contribution in [3.05, 3.63) is 75.1 Å². The molecule has 0 unspecified atom stereocenters. The molecule has 0 amide bonds. The standard InChI is InChI=1S/C23H21FN6O4/c1-14-18(12-25)22(31)30(28-20(14)23(32)33)16-3-5-17(6-4-16)34-13-15-2-7-19(27-21(15)24)29-10-8-26-9-11-29/h2-7,26H,8-11,13H2,1H3,(H,32,33). The first-order chi connectivity index (χ1) is 16.4. The maximum Gasteiger partial charge on any atom is 0.356 e. The van der Waals surface area contributed by atoms with Gasteiger partial charge in [-0.15, -0.1) is 0 Å². The van der Waals surface area contributed by atoms with Crippen molar-refractivity contribution in [2.24, 2.45) is 0 Å². The van der Waals surface area contributed by atoms with Gasteiger partial charge in [0.15, 0.2) is 5.69 Å².